The van der Waals surface area contributed by atoms with Crippen LogP contribution in [-0.2, 0) is 35.4 Å². The molecule has 0 unspecified atom stereocenters. The molecule has 0 spiro atoms. The van der Waals surface area contributed by atoms with Crippen LogP contribution in [0.4, 0.5) is 0 Å². The van der Waals surface area contributed by atoms with Crippen LogP contribution in [0, 0.1) is 5.92 Å². The largest absolute Gasteiger partial charge is 0.487 e. The molecule has 0 bridgehead atoms. The number of nitrogens with zero attached hydrogens (tertiary/aromatic N) is 1. The lowest BCUT2D eigenvalue weighted by Gasteiger charge is -2.32. The van der Waals surface area contributed by atoms with Crippen molar-refractivity contribution < 1.29 is 14.3 Å². The third kappa shape index (κ3) is 6.14. The minimum Gasteiger partial charge on any atom is -0.487 e. The van der Waals surface area contributed by atoms with Gasteiger partial charge >= 0.3 is 0 Å². The van der Waals surface area contributed by atoms with Gasteiger partial charge in [0.1, 0.15) is 11.4 Å². The first-order valence-corrected chi connectivity index (χ1v) is 11.9. The Labute approximate surface area is 196 Å². The Morgan fingerprint density at radius 3 is 2.39 bits per heavy atom. The predicted octanol–water partition coefficient (Wildman–Crippen LogP) is 3.00. The average molecular weight is 450 g/mol. The highest BCUT2D eigenvalue weighted by molar-refractivity contribution is 5.81. The van der Waals surface area contributed by atoms with Crippen LogP contribution in [0.5, 0.6) is 5.75 Å². The number of carbonyl (C=O) groups excluding carboxylic acids is 2. The van der Waals surface area contributed by atoms with Gasteiger partial charge in [0, 0.05) is 25.1 Å². The van der Waals surface area contributed by atoms with Gasteiger partial charge in [0.15, 0.2) is 0 Å². The van der Waals surface area contributed by atoms with Crippen molar-refractivity contribution in [1.29, 1.82) is 0 Å². The summed E-state index contributed by atoms with van der Waals surface area (Å²) in [4.78, 5) is 26.3. The van der Waals surface area contributed by atoms with Gasteiger partial charge in [0.05, 0.1) is 12.8 Å². The number of ether oxygens (including phenoxy) is 1. The van der Waals surface area contributed by atoms with Crippen LogP contribution in [0.15, 0.2) is 42.5 Å². The number of carbonyl (C=O) groups is 2. The van der Waals surface area contributed by atoms with E-state index in [0.29, 0.717) is 12.5 Å². The molecule has 0 radical (unpaired) electrons. The molecular weight excluding hydrogens is 414 g/mol. The number of fused-ring (bicyclic) bond motifs is 1. The molecule has 3 N–H and O–H groups in total. The van der Waals surface area contributed by atoms with Gasteiger partial charge in [-0.2, -0.15) is 0 Å². The third-order valence-electron chi connectivity index (χ3n) is 6.70. The molecule has 176 valence electrons. The van der Waals surface area contributed by atoms with Crippen molar-refractivity contribution in [3.63, 3.8) is 0 Å². The summed E-state index contributed by atoms with van der Waals surface area (Å²) < 4.78 is 6.23. The number of piperidine rings is 1. The van der Waals surface area contributed by atoms with E-state index in [1.807, 2.05) is 24.3 Å². The van der Waals surface area contributed by atoms with E-state index in [9.17, 15) is 9.59 Å². The number of para-hydroxylation sites is 1. The monoisotopic (exact) mass is 449 g/mol. The van der Waals surface area contributed by atoms with Crippen molar-refractivity contribution >= 4 is 11.8 Å². The maximum absolute atomic E-state index is 12.5. The Bertz CT molecular complexity index is 1010. The molecular formula is C27H35N3O3. The molecule has 0 aliphatic carbocycles. The molecule has 2 aliphatic heterocycles. The molecule has 33 heavy (non-hydrogen) atoms. The first kappa shape index (κ1) is 23.3. The zero-order chi connectivity index (χ0) is 23.4. The Kier molecular flexibility index (Phi) is 7.03. The van der Waals surface area contributed by atoms with Gasteiger partial charge in [-0.05, 0) is 62.4 Å². The lowest BCUT2D eigenvalue weighted by atomic mass is 9.95. The summed E-state index contributed by atoms with van der Waals surface area (Å²) in [5, 5.41) is 3.10. The van der Waals surface area contributed by atoms with E-state index in [1.165, 1.54) is 11.1 Å². The first-order chi connectivity index (χ1) is 15.8. The Hall–Kier alpha value is -2.86. The van der Waals surface area contributed by atoms with E-state index >= 15 is 0 Å². The summed E-state index contributed by atoms with van der Waals surface area (Å²) in [6, 6.07) is 14.0. The van der Waals surface area contributed by atoms with Gasteiger partial charge in [0.25, 0.3) is 0 Å². The molecule has 6 nitrogen and oxygen atoms in total. The Morgan fingerprint density at radius 1 is 1.03 bits per heavy atom. The van der Waals surface area contributed by atoms with Crippen LogP contribution >= 0.6 is 0 Å². The van der Waals surface area contributed by atoms with E-state index < -0.39 is 0 Å². The number of nitrogens with one attached hydrogen (secondary N) is 1. The fourth-order valence-electron chi connectivity index (χ4n) is 4.98. The highest BCUT2D eigenvalue weighted by atomic mass is 16.5. The lowest BCUT2D eigenvalue weighted by Crippen LogP contribution is -2.38. The number of likely N-dealkylation sites (tertiary alicyclic amines) is 1. The number of amides is 2. The number of hydrogen-bond acceptors (Lipinski definition) is 4. The normalized spacial score (nSPS) is 17.9. The fourth-order valence-corrected chi connectivity index (χ4v) is 4.98. The topological polar surface area (TPSA) is 84.7 Å². The van der Waals surface area contributed by atoms with Crippen LogP contribution in [0.25, 0.3) is 0 Å². The number of rotatable bonds is 8. The van der Waals surface area contributed by atoms with E-state index in [2.05, 4.69) is 42.3 Å². The maximum Gasteiger partial charge on any atom is 0.224 e. The minimum atomic E-state index is -0.384. The summed E-state index contributed by atoms with van der Waals surface area (Å²) in [6.45, 7) is 7.95. The van der Waals surface area contributed by atoms with Crippen molar-refractivity contribution in [2.75, 3.05) is 19.6 Å². The van der Waals surface area contributed by atoms with Crippen molar-refractivity contribution in [2.24, 2.45) is 11.7 Å². The predicted molar refractivity (Wildman–Crippen MR) is 129 cm³/mol. The molecule has 2 aromatic rings. The van der Waals surface area contributed by atoms with E-state index in [0.717, 1.165) is 55.8 Å². The van der Waals surface area contributed by atoms with Gasteiger partial charge in [-0.15, -0.1) is 0 Å². The Morgan fingerprint density at radius 2 is 1.70 bits per heavy atom. The minimum absolute atomic E-state index is 0.00559. The fraction of sp³-hybridized carbons (Fsp3) is 0.481. The van der Waals surface area contributed by atoms with Gasteiger partial charge in [-0.1, -0.05) is 42.5 Å². The lowest BCUT2D eigenvalue weighted by molar-refractivity contribution is -0.121. The molecule has 1 saturated heterocycles. The molecule has 2 heterocycles. The van der Waals surface area contributed by atoms with Crippen LogP contribution < -0.4 is 15.8 Å². The van der Waals surface area contributed by atoms with E-state index in [-0.39, 0.29) is 30.3 Å². The van der Waals surface area contributed by atoms with Crippen LogP contribution in [0.2, 0.25) is 0 Å². The van der Waals surface area contributed by atoms with Gasteiger partial charge in [0.2, 0.25) is 11.8 Å². The van der Waals surface area contributed by atoms with Gasteiger partial charge in [-0.3, -0.25) is 14.5 Å². The highest BCUT2D eigenvalue weighted by Gasteiger charge is 2.32. The standard InChI is InChI=1S/C27H35N3O3/c1-27(2)16-22-8-5-9-23(26(22)33-27)18-30-12-10-19(11-13-30)17-29-25(32)15-21-7-4-3-6-20(21)14-24(28)31/h3-9,19H,10-18H2,1-2H3,(H2,28,31)(H,29,32). The smallest absolute Gasteiger partial charge is 0.224 e. The summed E-state index contributed by atoms with van der Waals surface area (Å²) >= 11 is 0. The number of primary amides is 1. The second-order valence-electron chi connectivity index (χ2n) is 10.1. The molecule has 1 fully saturated rings. The summed E-state index contributed by atoms with van der Waals surface area (Å²) in [6.07, 6.45) is 3.54. The Balaban J connectivity index is 1.23. The molecule has 4 rings (SSSR count). The maximum atomic E-state index is 12.5. The zero-order valence-corrected chi connectivity index (χ0v) is 19.7. The third-order valence-corrected chi connectivity index (χ3v) is 6.70. The van der Waals surface area contributed by atoms with Crippen molar-refractivity contribution in [3.8, 4) is 5.75 Å². The first-order valence-electron chi connectivity index (χ1n) is 11.9. The number of nitrogens with two attached hydrogens (primary N) is 1. The molecule has 0 atom stereocenters. The molecule has 0 aromatic heterocycles. The summed E-state index contributed by atoms with van der Waals surface area (Å²) in [5.41, 5.74) is 9.49. The molecule has 2 amide bonds. The van der Waals surface area contributed by atoms with Crippen molar-refractivity contribution in [2.45, 2.75) is 58.1 Å². The van der Waals surface area contributed by atoms with Crippen LogP contribution in [0.1, 0.15) is 48.9 Å². The van der Waals surface area contributed by atoms with Gasteiger partial charge in [-0.25, -0.2) is 0 Å². The highest BCUT2D eigenvalue weighted by Crippen LogP contribution is 2.38. The van der Waals surface area contributed by atoms with E-state index in [4.69, 9.17) is 10.5 Å². The quantitative estimate of drug-likeness (QED) is 0.649. The molecule has 2 aliphatic rings. The second-order valence-corrected chi connectivity index (χ2v) is 10.1. The molecule has 6 heteroatoms. The number of benzene rings is 2. The molecule has 0 saturated carbocycles. The van der Waals surface area contributed by atoms with Crippen LogP contribution in [-0.4, -0.2) is 41.9 Å². The van der Waals surface area contributed by atoms with Gasteiger partial charge < -0.3 is 15.8 Å². The van der Waals surface area contributed by atoms with Crippen LogP contribution in [0.3, 0.4) is 0 Å². The summed E-state index contributed by atoms with van der Waals surface area (Å²) in [5.74, 6) is 1.18. The second kappa shape index (κ2) is 9.96. The SMILES string of the molecule is CC1(C)Cc2cccc(CN3CCC(CNC(=O)Cc4ccccc4CC(N)=O)CC3)c2O1. The van der Waals surface area contributed by atoms with E-state index in [1.54, 1.807) is 0 Å². The average Bonchev–Trinajstić information content (AvgIpc) is 3.09. The van der Waals surface area contributed by atoms with Crippen molar-refractivity contribution in [1.82, 2.24) is 10.2 Å². The molecule has 2 aromatic carbocycles. The summed E-state index contributed by atoms with van der Waals surface area (Å²) in [7, 11) is 0. The van der Waals surface area contributed by atoms with Crippen molar-refractivity contribution in [3.05, 3.63) is 64.7 Å². The zero-order valence-electron chi connectivity index (χ0n) is 19.7. The number of hydrogen-bond donors (Lipinski definition) is 2.